The molecule has 4 heteroatoms. The minimum Gasteiger partial charge on any atom is -0.493 e. The summed E-state index contributed by atoms with van der Waals surface area (Å²) in [7, 11) is 1.57. The van der Waals surface area contributed by atoms with E-state index in [9.17, 15) is 9.59 Å². The number of allylic oxidation sites excluding steroid dienone is 1. The van der Waals surface area contributed by atoms with Crippen LogP contribution in [0.3, 0.4) is 0 Å². The normalized spacial score (nSPS) is 13.0. The first-order valence-electron chi connectivity index (χ1n) is 8.36. The van der Waals surface area contributed by atoms with E-state index in [2.05, 4.69) is 6.92 Å². The Morgan fingerprint density at radius 1 is 0.960 bits per heavy atom. The fourth-order valence-electron chi connectivity index (χ4n) is 2.79. The number of ketones is 2. The number of fused-ring (bicyclic) bond motifs is 1. The summed E-state index contributed by atoms with van der Waals surface area (Å²) in [6, 6.07) is 12.3. The molecule has 0 amide bonds. The number of methoxy groups -OCH3 is 1. The number of unbranched alkanes of at least 4 members (excludes halogenated alkanes) is 1. The van der Waals surface area contributed by atoms with Gasteiger partial charge in [-0.05, 0) is 30.2 Å². The van der Waals surface area contributed by atoms with Crippen molar-refractivity contribution in [1.82, 2.24) is 0 Å². The Bertz CT molecular complexity index is 812. The van der Waals surface area contributed by atoms with Crippen LogP contribution < -0.4 is 9.47 Å². The third kappa shape index (κ3) is 3.33. The first-order chi connectivity index (χ1) is 12.2. The number of Topliss-reactive ketones (excluding diaryl/α,β-unsaturated/α-hetero) is 2. The predicted octanol–water partition coefficient (Wildman–Crippen LogP) is 4.34. The van der Waals surface area contributed by atoms with Crippen LogP contribution in [0.5, 0.6) is 11.5 Å². The highest BCUT2D eigenvalue weighted by Gasteiger charge is 2.32. The van der Waals surface area contributed by atoms with E-state index < -0.39 is 0 Å². The van der Waals surface area contributed by atoms with Crippen LogP contribution in [0.15, 0.2) is 48.0 Å². The molecule has 1 aliphatic rings. The van der Waals surface area contributed by atoms with E-state index in [-0.39, 0.29) is 17.1 Å². The van der Waals surface area contributed by atoms with Crippen molar-refractivity contribution < 1.29 is 19.1 Å². The quantitative estimate of drug-likeness (QED) is 0.447. The van der Waals surface area contributed by atoms with Gasteiger partial charge in [0.1, 0.15) is 0 Å². The molecule has 0 saturated heterocycles. The van der Waals surface area contributed by atoms with Gasteiger partial charge in [-0.25, -0.2) is 0 Å². The molecule has 2 aromatic rings. The van der Waals surface area contributed by atoms with E-state index in [1.165, 1.54) is 0 Å². The number of carbonyl (C=O) groups is 2. The highest BCUT2D eigenvalue weighted by atomic mass is 16.5. The van der Waals surface area contributed by atoms with Gasteiger partial charge in [0, 0.05) is 11.1 Å². The van der Waals surface area contributed by atoms with Gasteiger partial charge in [-0.2, -0.15) is 0 Å². The van der Waals surface area contributed by atoms with E-state index in [4.69, 9.17) is 9.47 Å². The maximum absolute atomic E-state index is 12.5. The van der Waals surface area contributed by atoms with Crippen molar-refractivity contribution in [1.29, 1.82) is 0 Å². The Morgan fingerprint density at radius 3 is 2.24 bits per heavy atom. The zero-order valence-corrected chi connectivity index (χ0v) is 14.4. The highest BCUT2D eigenvalue weighted by Crippen LogP contribution is 2.31. The van der Waals surface area contributed by atoms with E-state index in [1.807, 2.05) is 6.07 Å². The van der Waals surface area contributed by atoms with Crippen LogP contribution in [0.1, 0.15) is 46.0 Å². The third-order valence-electron chi connectivity index (χ3n) is 4.16. The summed E-state index contributed by atoms with van der Waals surface area (Å²) in [5, 5.41) is 0. The minimum absolute atomic E-state index is 0.183. The lowest BCUT2D eigenvalue weighted by molar-refractivity contribution is 0.0990. The largest absolute Gasteiger partial charge is 0.493 e. The molecule has 1 aliphatic carbocycles. The van der Waals surface area contributed by atoms with Gasteiger partial charge in [0.05, 0.1) is 19.3 Å². The van der Waals surface area contributed by atoms with Crippen molar-refractivity contribution in [3.63, 3.8) is 0 Å². The summed E-state index contributed by atoms with van der Waals surface area (Å²) < 4.78 is 11.1. The molecule has 0 heterocycles. The van der Waals surface area contributed by atoms with E-state index in [0.717, 1.165) is 18.4 Å². The lowest BCUT2D eigenvalue weighted by Crippen LogP contribution is -2.01. The topological polar surface area (TPSA) is 52.6 Å². The summed E-state index contributed by atoms with van der Waals surface area (Å²) in [6.45, 7) is 2.73. The molecule has 0 radical (unpaired) electrons. The molecular formula is C21H20O4. The molecule has 128 valence electrons. The van der Waals surface area contributed by atoms with Gasteiger partial charge in [0.25, 0.3) is 0 Å². The van der Waals surface area contributed by atoms with Crippen molar-refractivity contribution in [2.24, 2.45) is 0 Å². The number of ether oxygens (including phenoxy) is 2. The van der Waals surface area contributed by atoms with E-state index in [0.29, 0.717) is 29.2 Å². The first kappa shape index (κ1) is 17.0. The van der Waals surface area contributed by atoms with Crippen LogP contribution in [-0.2, 0) is 0 Å². The third-order valence-corrected chi connectivity index (χ3v) is 4.16. The molecular weight excluding hydrogens is 316 g/mol. The van der Waals surface area contributed by atoms with Crippen molar-refractivity contribution in [2.45, 2.75) is 19.8 Å². The van der Waals surface area contributed by atoms with Crippen molar-refractivity contribution >= 4 is 17.6 Å². The van der Waals surface area contributed by atoms with Crippen LogP contribution >= 0.6 is 0 Å². The van der Waals surface area contributed by atoms with Gasteiger partial charge in [-0.1, -0.05) is 43.7 Å². The average Bonchev–Trinajstić information content (AvgIpc) is 2.88. The molecule has 3 rings (SSSR count). The molecule has 0 N–H and O–H groups in total. The second-order valence-corrected chi connectivity index (χ2v) is 5.87. The van der Waals surface area contributed by atoms with Gasteiger partial charge in [0.15, 0.2) is 23.1 Å². The Morgan fingerprint density at radius 2 is 1.64 bits per heavy atom. The summed E-state index contributed by atoms with van der Waals surface area (Å²) in [5.41, 5.74) is 1.84. The summed E-state index contributed by atoms with van der Waals surface area (Å²) in [4.78, 5) is 24.9. The number of rotatable bonds is 6. The Hall–Kier alpha value is -2.88. The van der Waals surface area contributed by atoms with E-state index in [1.54, 1.807) is 49.6 Å². The fraction of sp³-hybridized carbons (Fsp3) is 0.238. The second kappa shape index (κ2) is 7.34. The zero-order chi connectivity index (χ0) is 17.8. The molecule has 0 aliphatic heterocycles. The van der Waals surface area contributed by atoms with Crippen LogP contribution in [0, 0.1) is 0 Å². The minimum atomic E-state index is -0.233. The van der Waals surface area contributed by atoms with Gasteiger partial charge < -0.3 is 9.47 Å². The van der Waals surface area contributed by atoms with Crippen molar-refractivity contribution in [2.75, 3.05) is 13.7 Å². The van der Waals surface area contributed by atoms with E-state index >= 15 is 0 Å². The van der Waals surface area contributed by atoms with Crippen LogP contribution in [-0.4, -0.2) is 25.3 Å². The summed E-state index contributed by atoms with van der Waals surface area (Å²) in [5.74, 6) is 0.775. The Labute approximate surface area is 147 Å². The number of hydrogen-bond donors (Lipinski definition) is 0. The number of carbonyl (C=O) groups excluding carboxylic acids is 2. The SMILES string of the molecule is CCCCOc1ccc(C=C2C(=O)c3ccccc3C2=O)cc1OC. The molecule has 2 aromatic carbocycles. The second-order valence-electron chi connectivity index (χ2n) is 5.87. The standard InChI is InChI=1S/C21H20O4/c1-3-4-11-25-18-10-9-14(13-19(18)24-2)12-17-20(22)15-7-5-6-8-16(15)21(17)23/h5-10,12-13H,3-4,11H2,1-2H3. The molecule has 0 bridgehead atoms. The molecule has 0 fully saturated rings. The predicted molar refractivity (Wildman–Crippen MR) is 96.5 cm³/mol. The Balaban J connectivity index is 1.89. The number of benzene rings is 2. The molecule has 0 aromatic heterocycles. The molecule has 25 heavy (non-hydrogen) atoms. The molecule has 0 atom stereocenters. The molecule has 4 nitrogen and oxygen atoms in total. The molecule has 0 spiro atoms. The summed E-state index contributed by atoms with van der Waals surface area (Å²) in [6.07, 6.45) is 3.64. The van der Waals surface area contributed by atoms with Crippen LogP contribution in [0.2, 0.25) is 0 Å². The maximum atomic E-state index is 12.5. The van der Waals surface area contributed by atoms with Crippen molar-refractivity contribution in [3.8, 4) is 11.5 Å². The maximum Gasteiger partial charge on any atom is 0.197 e. The van der Waals surface area contributed by atoms with Gasteiger partial charge >= 0.3 is 0 Å². The average molecular weight is 336 g/mol. The zero-order valence-electron chi connectivity index (χ0n) is 14.4. The van der Waals surface area contributed by atoms with Crippen LogP contribution in [0.4, 0.5) is 0 Å². The highest BCUT2D eigenvalue weighted by molar-refractivity contribution is 6.41. The Kier molecular flexibility index (Phi) is 4.98. The monoisotopic (exact) mass is 336 g/mol. The number of hydrogen-bond acceptors (Lipinski definition) is 4. The molecule has 0 saturated carbocycles. The smallest absolute Gasteiger partial charge is 0.197 e. The van der Waals surface area contributed by atoms with Gasteiger partial charge in [0.2, 0.25) is 0 Å². The lowest BCUT2D eigenvalue weighted by Gasteiger charge is -2.11. The van der Waals surface area contributed by atoms with Crippen molar-refractivity contribution in [3.05, 3.63) is 64.7 Å². The summed E-state index contributed by atoms with van der Waals surface area (Å²) >= 11 is 0. The van der Waals surface area contributed by atoms with Gasteiger partial charge in [-0.3, -0.25) is 9.59 Å². The fourth-order valence-corrected chi connectivity index (χ4v) is 2.79. The van der Waals surface area contributed by atoms with Crippen LogP contribution in [0.25, 0.3) is 6.08 Å². The first-order valence-corrected chi connectivity index (χ1v) is 8.36. The molecule has 0 unspecified atom stereocenters. The van der Waals surface area contributed by atoms with Gasteiger partial charge in [-0.15, -0.1) is 0 Å². The lowest BCUT2D eigenvalue weighted by atomic mass is 10.1.